The second-order valence-electron chi connectivity index (χ2n) is 6.03. The molecule has 1 aromatic heterocycles. The Morgan fingerprint density at radius 1 is 0.933 bits per heavy atom. The molecule has 1 heterocycles. The number of anilines is 3. The topological polar surface area (TPSA) is 72.0 Å². The van der Waals surface area contributed by atoms with Crippen molar-refractivity contribution in [2.75, 3.05) is 17.2 Å². The predicted octanol–water partition coefficient (Wildman–Crippen LogP) is 4.92. The first kappa shape index (κ1) is 21.2. The average Bonchev–Trinajstić information content (AvgIpc) is 2.65. The lowest BCUT2D eigenvalue weighted by atomic mass is 10.2. The maximum atomic E-state index is 13.3. The normalized spacial score (nSPS) is 11.3. The molecule has 11 heteroatoms. The van der Waals surface area contributed by atoms with Gasteiger partial charge in [0.25, 0.3) is 0 Å². The molecule has 0 bridgehead atoms. The van der Waals surface area contributed by atoms with E-state index in [9.17, 15) is 22.0 Å². The summed E-state index contributed by atoms with van der Waals surface area (Å²) in [5.41, 5.74) is -0.423. The molecule has 0 aliphatic carbocycles. The fourth-order valence-electron chi connectivity index (χ4n) is 2.48. The van der Waals surface area contributed by atoms with Crippen molar-refractivity contribution < 1.29 is 26.7 Å². The molecule has 2 aromatic carbocycles. The van der Waals surface area contributed by atoms with Crippen LogP contribution in [0.1, 0.15) is 18.1 Å². The number of hydrogen-bond donors (Lipinski definition) is 2. The highest BCUT2D eigenvalue weighted by atomic mass is 19.4. The summed E-state index contributed by atoms with van der Waals surface area (Å²) in [6.45, 7) is 1.93. The first-order valence-corrected chi connectivity index (χ1v) is 8.75. The van der Waals surface area contributed by atoms with Gasteiger partial charge in [0.2, 0.25) is 11.9 Å². The highest BCUT2D eigenvalue weighted by Crippen LogP contribution is 2.31. The summed E-state index contributed by atoms with van der Waals surface area (Å²) in [6.07, 6.45) is -4.50. The smallest absolute Gasteiger partial charge is 0.416 e. The van der Waals surface area contributed by atoms with Gasteiger partial charge < -0.3 is 15.4 Å². The molecule has 30 heavy (non-hydrogen) atoms. The summed E-state index contributed by atoms with van der Waals surface area (Å²) < 4.78 is 70.6. The molecule has 0 fully saturated rings. The van der Waals surface area contributed by atoms with Gasteiger partial charge in [-0.2, -0.15) is 28.1 Å². The minimum Gasteiger partial charge on any atom is -0.464 e. The highest BCUT2D eigenvalue weighted by molar-refractivity contribution is 5.55. The minimum atomic E-state index is -4.50. The zero-order valence-corrected chi connectivity index (χ0v) is 15.6. The van der Waals surface area contributed by atoms with Crippen LogP contribution in [0.25, 0.3) is 0 Å². The molecule has 3 aromatic rings. The average molecular weight is 425 g/mol. The van der Waals surface area contributed by atoms with Crippen molar-refractivity contribution in [3.8, 4) is 6.01 Å². The molecule has 0 atom stereocenters. The first-order chi connectivity index (χ1) is 14.2. The van der Waals surface area contributed by atoms with Gasteiger partial charge in [-0.05, 0) is 42.8 Å². The van der Waals surface area contributed by atoms with Crippen molar-refractivity contribution in [3.05, 3.63) is 65.2 Å². The number of nitrogens with one attached hydrogen (secondary N) is 2. The lowest BCUT2D eigenvalue weighted by Gasteiger charge is -2.12. The van der Waals surface area contributed by atoms with E-state index in [1.54, 1.807) is 6.92 Å². The Bertz CT molecular complexity index is 1010. The molecule has 0 aliphatic heterocycles. The minimum absolute atomic E-state index is 0.00669. The van der Waals surface area contributed by atoms with Crippen LogP contribution < -0.4 is 15.4 Å². The van der Waals surface area contributed by atoms with Gasteiger partial charge in [0.15, 0.2) is 0 Å². The third-order valence-electron chi connectivity index (χ3n) is 3.71. The lowest BCUT2D eigenvalue weighted by molar-refractivity contribution is -0.137. The summed E-state index contributed by atoms with van der Waals surface area (Å²) >= 11 is 0. The monoisotopic (exact) mass is 425 g/mol. The van der Waals surface area contributed by atoms with E-state index >= 15 is 0 Å². The third-order valence-corrected chi connectivity index (χ3v) is 3.71. The maximum Gasteiger partial charge on any atom is 0.416 e. The third kappa shape index (κ3) is 5.75. The van der Waals surface area contributed by atoms with Crippen molar-refractivity contribution in [2.45, 2.75) is 19.6 Å². The summed E-state index contributed by atoms with van der Waals surface area (Å²) in [4.78, 5) is 12.1. The summed E-state index contributed by atoms with van der Waals surface area (Å²) in [7, 11) is 0. The fourth-order valence-corrected chi connectivity index (χ4v) is 2.48. The first-order valence-electron chi connectivity index (χ1n) is 8.75. The number of alkyl halides is 3. The number of halogens is 5. The number of rotatable bonds is 7. The van der Waals surface area contributed by atoms with Gasteiger partial charge in [-0.15, -0.1) is 0 Å². The number of benzene rings is 2. The Kier molecular flexibility index (Phi) is 6.28. The lowest BCUT2D eigenvalue weighted by Crippen LogP contribution is -2.10. The van der Waals surface area contributed by atoms with E-state index in [1.807, 2.05) is 0 Å². The van der Waals surface area contributed by atoms with E-state index in [-0.39, 0.29) is 36.7 Å². The van der Waals surface area contributed by atoms with E-state index in [0.717, 1.165) is 30.3 Å². The van der Waals surface area contributed by atoms with Crippen molar-refractivity contribution in [2.24, 2.45) is 0 Å². The van der Waals surface area contributed by atoms with Crippen molar-refractivity contribution in [3.63, 3.8) is 0 Å². The zero-order chi connectivity index (χ0) is 21.7. The molecular weight excluding hydrogens is 409 g/mol. The summed E-state index contributed by atoms with van der Waals surface area (Å²) in [5, 5.41) is 5.45. The van der Waals surface area contributed by atoms with Crippen LogP contribution in [0, 0.1) is 11.6 Å². The standard InChI is InChI=1S/C19H16F5N5O/c1-2-30-18-28-16(25-10-11-6-13(20)9-14(21)7-11)27-17(29-18)26-15-5-3-4-12(8-15)19(22,23)24/h3-9H,2,10H2,1H3,(H2,25,26,27,28,29). The molecule has 0 aliphatic rings. The predicted molar refractivity (Wildman–Crippen MR) is 99.4 cm³/mol. The fraction of sp³-hybridized carbons (Fsp3) is 0.211. The van der Waals surface area contributed by atoms with E-state index in [2.05, 4.69) is 25.6 Å². The van der Waals surface area contributed by atoms with Crippen LogP contribution in [0.5, 0.6) is 6.01 Å². The van der Waals surface area contributed by atoms with Gasteiger partial charge in [-0.3, -0.25) is 0 Å². The number of nitrogens with zero attached hydrogens (tertiary/aromatic N) is 3. The van der Waals surface area contributed by atoms with Crippen molar-refractivity contribution in [1.82, 2.24) is 15.0 Å². The van der Waals surface area contributed by atoms with Crippen LogP contribution in [-0.4, -0.2) is 21.6 Å². The number of aromatic nitrogens is 3. The van der Waals surface area contributed by atoms with Crippen LogP contribution in [0.4, 0.5) is 39.5 Å². The van der Waals surface area contributed by atoms with E-state index in [1.165, 1.54) is 12.1 Å². The molecular formula is C19H16F5N5O. The molecule has 0 saturated carbocycles. The van der Waals surface area contributed by atoms with Crippen LogP contribution in [0.2, 0.25) is 0 Å². The van der Waals surface area contributed by atoms with Crippen LogP contribution in [-0.2, 0) is 12.7 Å². The maximum absolute atomic E-state index is 13.3. The van der Waals surface area contributed by atoms with Gasteiger partial charge in [-0.25, -0.2) is 8.78 Å². The van der Waals surface area contributed by atoms with E-state index < -0.39 is 23.4 Å². The van der Waals surface area contributed by atoms with Crippen molar-refractivity contribution >= 4 is 17.6 Å². The molecule has 158 valence electrons. The molecule has 0 radical (unpaired) electrons. The van der Waals surface area contributed by atoms with Crippen LogP contribution >= 0.6 is 0 Å². The molecule has 0 spiro atoms. The SMILES string of the molecule is CCOc1nc(NCc2cc(F)cc(F)c2)nc(Nc2cccc(C(F)(F)F)c2)n1. The second-order valence-corrected chi connectivity index (χ2v) is 6.03. The Morgan fingerprint density at radius 2 is 1.63 bits per heavy atom. The number of ether oxygens (including phenoxy) is 1. The van der Waals surface area contributed by atoms with Crippen LogP contribution in [0.3, 0.4) is 0 Å². The molecule has 6 nitrogen and oxygen atoms in total. The zero-order valence-electron chi connectivity index (χ0n) is 15.6. The second kappa shape index (κ2) is 8.89. The highest BCUT2D eigenvalue weighted by Gasteiger charge is 2.30. The largest absolute Gasteiger partial charge is 0.464 e. The van der Waals surface area contributed by atoms with Gasteiger partial charge in [0.05, 0.1) is 12.2 Å². The molecule has 0 saturated heterocycles. The summed E-state index contributed by atoms with van der Waals surface area (Å²) in [6, 6.07) is 7.47. The molecule has 0 unspecified atom stereocenters. The van der Waals surface area contributed by atoms with E-state index in [4.69, 9.17) is 4.74 Å². The molecule has 2 N–H and O–H groups in total. The summed E-state index contributed by atoms with van der Waals surface area (Å²) in [5.74, 6) is -1.53. The van der Waals surface area contributed by atoms with Gasteiger partial charge >= 0.3 is 12.2 Å². The molecule has 3 rings (SSSR count). The Hall–Kier alpha value is -3.50. The quantitative estimate of drug-likeness (QED) is 0.524. The van der Waals surface area contributed by atoms with Crippen molar-refractivity contribution in [1.29, 1.82) is 0 Å². The number of hydrogen-bond acceptors (Lipinski definition) is 6. The molecule has 0 amide bonds. The Labute approximate surface area is 168 Å². The van der Waals surface area contributed by atoms with Gasteiger partial charge in [0, 0.05) is 18.3 Å². The Balaban J connectivity index is 1.82. The van der Waals surface area contributed by atoms with Gasteiger partial charge in [-0.1, -0.05) is 6.07 Å². The van der Waals surface area contributed by atoms with Crippen LogP contribution in [0.15, 0.2) is 42.5 Å². The van der Waals surface area contributed by atoms with E-state index in [0.29, 0.717) is 5.56 Å². The van der Waals surface area contributed by atoms with Gasteiger partial charge in [0.1, 0.15) is 11.6 Å². The Morgan fingerprint density at radius 3 is 2.30 bits per heavy atom.